The molecule has 2 aromatic rings. The maximum atomic E-state index is 15.8. The summed E-state index contributed by atoms with van der Waals surface area (Å²) in [6.45, 7) is 1.40. The Labute approximate surface area is 266 Å². The second kappa shape index (κ2) is 13.8. The molecule has 3 fully saturated rings. The van der Waals surface area contributed by atoms with E-state index < -0.39 is 21.9 Å². The summed E-state index contributed by atoms with van der Waals surface area (Å²) >= 11 is 6.22. The fourth-order valence-electron chi connectivity index (χ4n) is 6.32. The monoisotopic (exact) mass is 668 g/mol. The van der Waals surface area contributed by atoms with Gasteiger partial charge in [0, 0.05) is 81.4 Å². The Kier molecular flexibility index (Phi) is 10.3. The molecule has 11 nitrogen and oxygen atoms in total. The number of pyridine rings is 1. The van der Waals surface area contributed by atoms with E-state index in [1.165, 1.54) is 28.6 Å². The standard InChI is InChI=1S/C30H39ClF2N6O5S/c31-26-16-22(30(32,33)21-4-2-20(3-5-21)29(42)35-10-1-15-40)17-27(36-26)37-11-13-38(14-12-37)45(43,44)25-8-6-24(7-9-25)39-19-23(34)18-28(39)41/h6-9,16-17,20-21,23,40H,1-5,10-15,18-19,34H2,(H,35,42)/t20-,21+,23-/m1/s1. The Morgan fingerprint density at radius 3 is 2.36 bits per heavy atom. The second-order valence-electron chi connectivity index (χ2n) is 11.9. The van der Waals surface area contributed by atoms with Crippen molar-refractivity contribution in [2.24, 2.45) is 17.6 Å². The average molecular weight is 669 g/mol. The predicted molar refractivity (Wildman–Crippen MR) is 166 cm³/mol. The zero-order valence-electron chi connectivity index (χ0n) is 24.9. The Morgan fingerprint density at radius 1 is 1.09 bits per heavy atom. The SMILES string of the molecule is N[C@@H]1CC(=O)N(c2ccc(S(=O)(=O)N3CCN(c4cc(C(F)(F)[C@H]5CC[C@@H](C(=O)NCCCO)CC5)cc(Cl)n4)CC3)cc2)C1. The first kappa shape index (κ1) is 33.5. The fourth-order valence-corrected chi connectivity index (χ4v) is 7.94. The maximum Gasteiger partial charge on any atom is 0.276 e. The van der Waals surface area contributed by atoms with Crippen molar-refractivity contribution in [1.29, 1.82) is 0 Å². The molecule has 1 atom stereocenters. The van der Waals surface area contributed by atoms with E-state index in [4.69, 9.17) is 22.4 Å². The van der Waals surface area contributed by atoms with Gasteiger partial charge in [-0.05, 0) is 68.5 Å². The topological polar surface area (TPSA) is 149 Å². The van der Waals surface area contributed by atoms with Gasteiger partial charge in [-0.2, -0.15) is 4.31 Å². The van der Waals surface area contributed by atoms with Gasteiger partial charge in [0.05, 0.1) is 4.90 Å². The number of hydrogen-bond donors (Lipinski definition) is 3. The molecule has 0 spiro atoms. The number of anilines is 2. The van der Waals surface area contributed by atoms with Crippen LogP contribution in [-0.4, -0.2) is 86.5 Å². The number of nitrogens with one attached hydrogen (secondary N) is 1. The van der Waals surface area contributed by atoms with Crippen molar-refractivity contribution in [2.45, 2.75) is 55.4 Å². The molecule has 2 aliphatic heterocycles. The molecule has 4 N–H and O–H groups in total. The number of aliphatic hydroxyl groups is 1. The molecule has 5 rings (SSSR count). The number of rotatable bonds is 10. The number of amides is 2. The van der Waals surface area contributed by atoms with Crippen LogP contribution in [0.1, 0.15) is 44.1 Å². The number of nitrogens with zero attached hydrogens (tertiary/aromatic N) is 4. The number of carbonyl (C=O) groups is 2. The highest BCUT2D eigenvalue weighted by atomic mass is 35.5. The van der Waals surface area contributed by atoms with Crippen LogP contribution in [0.5, 0.6) is 0 Å². The third kappa shape index (κ3) is 7.40. The lowest BCUT2D eigenvalue weighted by atomic mass is 9.77. The molecule has 15 heteroatoms. The van der Waals surface area contributed by atoms with Crippen LogP contribution in [-0.2, 0) is 25.5 Å². The van der Waals surface area contributed by atoms with Gasteiger partial charge < -0.3 is 26.0 Å². The number of carbonyl (C=O) groups excluding carboxylic acids is 2. The molecule has 45 heavy (non-hydrogen) atoms. The molecule has 1 aliphatic carbocycles. The van der Waals surface area contributed by atoms with Gasteiger partial charge in [0.1, 0.15) is 11.0 Å². The predicted octanol–water partition coefficient (Wildman–Crippen LogP) is 2.71. The van der Waals surface area contributed by atoms with E-state index in [2.05, 4.69) is 10.3 Å². The molecule has 3 heterocycles. The Balaban J connectivity index is 1.20. The van der Waals surface area contributed by atoms with Crippen LogP contribution in [0, 0.1) is 11.8 Å². The molecule has 1 aromatic carbocycles. The first-order valence-corrected chi connectivity index (χ1v) is 17.1. The number of benzene rings is 1. The molecule has 246 valence electrons. The minimum atomic E-state index is -3.83. The van der Waals surface area contributed by atoms with Crippen LogP contribution in [0.15, 0.2) is 41.3 Å². The van der Waals surface area contributed by atoms with E-state index in [1.54, 1.807) is 21.9 Å². The molecule has 3 aliphatic rings. The largest absolute Gasteiger partial charge is 0.396 e. The zero-order valence-corrected chi connectivity index (χ0v) is 26.4. The van der Waals surface area contributed by atoms with Crippen molar-refractivity contribution in [2.75, 3.05) is 55.7 Å². The van der Waals surface area contributed by atoms with Crippen molar-refractivity contribution >= 4 is 44.9 Å². The summed E-state index contributed by atoms with van der Waals surface area (Å²) < 4.78 is 59.6. The zero-order chi connectivity index (χ0) is 32.4. The third-order valence-electron chi connectivity index (χ3n) is 8.91. The lowest BCUT2D eigenvalue weighted by molar-refractivity contribution is -0.129. The van der Waals surface area contributed by atoms with E-state index in [1.807, 2.05) is 0 Å². The first-order chi connectivity index (χ1) is 21.4. The van der Waals surface area contributed by atoms with Crippen LogP contribution < -0.4 is 20.9 Å². The van der Waals surface area contributed by atoms with Gasteiger partial charge in [0.2, 0.25) is 21.8 Å². The number of aliphatic hydroxyl groups excluding tert-OH is 1. The molecular formula is C30H39ClF2N6O5S. The van der Waals surface area contributed by atoms with Crippen LogP contribution in [0.25, 0.3) is 0 Å². The fraction of sp³-hybridized carbons (Fsp3) is 0.567. The quantitative estimate of drug-likeness (QED) is 0.259. The van der Waals surface area contributed by atoms with E-state index in [0.29, 0.717) is 38.0 Å². The summed E-state index contributed by atoms with van der Waals surface area (Å²) in [7, 11) is -3.83. The Bertz CT molecular complexity index is 1480. The van der Waals surface area contributed by atoms with Crippen molar-refractivity contribution in [1.82, 2.24) is 14.6 Å². The minimum Gasteiger partial charge on any atom is -0.396 e. The third-order valence-corrected chi connectivity index (χ3v) is 11.0. The van der Waals surface area contributed by atoms with Gasteiger partial charge in [-0.3, -0.25) is 9.59 Å². The van der Waals surface area contributed by atoms with Gasteiger partial charge in [0.15, 0.2) is 0 Å². The van der Waals surface area contributed by atoms with Crippen LogP contribution in [0.2, 0.25) is 5.15 Å². The van der Waals surface area contributed by atoms with E-state index in [-0.39, 0.29) is 97.3 Å². The summed E-state index contributed by atoms with van der Waals surface area (Å²) in [6, 6.07) is 8.38. The van der Waals surface area contributed by atoms with Crippen LogP contribution in [0.3, 0.4) is 0 Å². The first-order valence-electron chi connectivity index (χ1n) is 15.3. The minimum absolute atomic E-state index is 0.0285. The van der Waals surface area contributed by atoms with Crippen LogP contribution in [0.4, 0.5) is 20.3 Å². The smallest absolute Gasteiger partial charge is 0.276 e. The Morgan fingerprint density at radius 2 is 1.76 bits per heavy atom. The van der Waals surface area contributed by atoms with Gasteiger partial charge in [0.25, 0.3) is 5.92 Å². The Hall–Kier alpha value is -2.91. The summed E-state index contributed by atoms with van der Waals surface area (Å²) in [6.07, 6.45) is 1.75. The summed E-state index contributed by atoms with van der Waals surface area (Å²) in [5.41, 5.74) is 6.21. The van der Waals surface area contributed by atoms with Crippen molar-refractivity contribution in [3.8, 4) is 0 Å². The van der Waals surface area contributed by atoms with Gasteiger partial charge in [-0.1, -0.05) is 11.6 Å². The number of hydrogen-bond acceptors (Lipinski definition) is 8. The lowest BCUT2D eigenvalue weighted by Gasteiger charge is -2.36. The molecule has 2 saturated heterocycles. The molecular weight excluding hydrogens is 630 g/mol. The van der Waals surface area contributed by atoms with Crippen molar-refractivity contribution in [3.63, 3.8) is 0 Å². The van der Waals surface area contributed by atoms with E-state index in [9.17, 15) is 18.0 Å². The molecule has 2 amide bonds. The molecule has 1 aromatic heterocycles. The van der Waals surface area contributed by atoms with Crippen molar-refractivity contribution < 1.29 is 31.9 Å². The number of alkyl halides is 2. The van der Waals surface area contributed by atoms with E-state index >= 15 is 8.78 Å². The highest BCUT2D eigenvalue weighted by Crippen LogP contribution is 2.46. The maximum absolute atomic E-state index is 15.8. The molecule has 0 radical (unpaired) electrons. The number of halogens is 3. The van der Waals surface area contributed by atoms with Gasteiger partial charge in [-0.15, -0.1) is 0 Å². The number of piperazine rings is 1. The van der Waals surface area contributed by atoms with Crippen LogP contribution >= 0.6 is 11.6 Å². The second-order valence-corrected chi connectivity index (χ2v) is 14.3. The highest BCUT2D eigenvalue weighted by Gasteiger charge is 2.44. The summed E-state index contributed by atoms with van der Waals surface area (Å²) in [5, 5.41) is 11.6. The van der Waals surface area contributed by atoms with Gasteiger partial charge in [-0.25, -0.2) is 22.2 Å². The number of nitrogens with two attached hydrogens (primary N) is 1. The molecule has 0 unspecified atom stereocenters. The average Bonchev–Trinajstić information content (AvgIpc) is 3.38. The number of aromatic nitrogens is 1. The summed E-state index contributed by atoms with van der Waals surface area (Å²) in [4.78, 5) is 32.1. The lowest BCUT2D eigenvalue weighted by Crippen LogP contribution is -2.49. The van der Waals surface area contributed by atoms with Crippen molar-refractivity contribution in [3.05, 3.63) is 47.1 Å². The molecule has 1 saturated carbocycles. The highest BCUT2D eigenvalue weighted by molar-refractivity contribution is 7.89. The normalized spacial score (nSPS) is 23.4. The number of sulfonamides is 1. The van der Waals surface area contributed by atoms with E-state index in [0.717, 1.165) is 0 Å². The van der Waals surface area contributed by atoms with Gasteiger partial charge >= 0.3 is 0 Å². The summed E-state index contributed by atoms with van der Waals surface area (Å²) in [5.74, 6) is -4.50. The molecule has 0 bridgehead atoms.